The van der Waals surface area contributed by atoms with Crippen molar-refractivity contribution in [1.29, 1.82) is 0 Å². The first-order valence-corrected chi connectivity index (χ1v) is 7.43. The lowest BCUT2D eigenvalue weighted by Crippen LogP contribution is -2.33. The third kappa shape index (κ3) is 4.33. The van der Waals surface area contributed by atoms with Crippen LogP contribution in [0.4, 0.5) is 4.39 Å². The maximum absolute atomic E-state index is 13.3. The Balaban J connectivity index is 3.05. The van der Waals surface area contributed by atoms with Crippen molar-refractivity contribution < 1.29 is 17.6 Å². The molecule has 0 aliphatic heterocycles. The number of carbonyl (C=O) groups is 1. The number of benzene rings is 1. The summed E-state index contributed by atoms with van der Waals surface area (Å²) in [5, 5.41) is 7.42. The van der Waals surface area contributed by atoms with Crippen LogP contribution in [0.25, 0.3) is 0 Å². The summed E-state index contributed by atoms with van der Waals surface area (Å²) in [7, 11) is -4.09. The topological polar surface area (TPSA) is 89.3 Å². The smallest absolute Gasteiger partial charge is 0.252 e. The van der Waals surface area contributed by atoms with Crippen LogP contribution < -0.4 is 10.5 Å². The number of terminal acetylenes is 1. The molecular formula is C13H15FN2O3S. The zero-order chi connectivity index (χ0) is 15.3. The SMILES string of the molecule is C#CC(CCC)NC(=O)c1cc(F)cc(S(N)(=O)=O)c1. The Morgan fingerprint density at radius 2 is 2.15 bits per heavy atom. The summed E-state index contributed by atoms with van der Waals surface area (Å²) in [5.74, 6) is 0.881. The van der Waals surface area contributed by atoms with Gasteiger partial charge in [-0.1, -0.05) is 19.3 Å². The van der Waals surface area contributed by atoms with Gasteiger partial charge < -0.3 is 5.32 Å². The highest BCUT2D eigenvalue weighted by Gasteiger charge is 2.16. The number of nitrogens with two attached hydrogens (primary N) is 1. The first kappa shape index (κ1) is 16.1. The molecule has 7 heteroatoms. The molecule has 1 amide bonds. The molecule has 20 heavy (non-hydrogen) atoms. The molecular weight excluding hydrogens is 283 g/mol. The van der Waals surface area contributed by atoms with Crippen LogP contribution in [0.15, 0.2) is 23.1 Å². The zero-order valence-electron chi connectivity index (χ0n) is 10.9. The number of nitrogens with one attached hydrogen (secondary N) is 1. The summed E-state index contributed by atoms with van der Waals surface area (Å²) in [5.41, 5.74) is -0.148. The maximum Gasteiger partial charge on any atom is 0.252 e. The van der Waals surface area contributed by atoms with E-state index < -0.39 is 32.7 Å². The van der Waals surface area contributed by atoms with Crippen molar-refractivity contribution in [2.75, 3.05) is 0 Å². The highest BCUT2D eigenvalue weighted by atomic mass is 32.2. The Hall–Kier alpha value is -1.91. The van der Waals surface area contributed by atoms with Crippen LogP contribution in [-0.2, 0) is 10.0 Å². The lowest BCUT2D eigenvalue weighted by molar-refractivity contribution is 0.0943. The van der Waals surface area contributed by atoms with E-state index in [1.54, 1.807) is 0 Å². The molecule has 1 unspecified atom stereocenters. The lowest BCUT2D eigenvalue weighted by atomic mass is 10.1. The molecule has 0 spiro atoms. The van der Waals surface area contributed by atoms with Gasteiger partial charge in [-0.2, -0.15) is 0 Å². The van der Waals surface area contributed by atoms with Gasteiger partial charge in [-0.25, -0.2) is 17.9 Å². The van der Waals surface area contributed by atoms with E-state index in [1.807, 2.05) is 6.92 Å². The van der Waals surface area contributed by atoms with E-state index in [0.29, 0.717) is 6.42 Å². The molecule has 3 N–H and O–H groups in total. The Morgan fingerprint density at radius 3 is 2.65 bits per heavy atom. The number of hydrogen-bond acceptors (Lipinski definition) is 3. The number of amides is 1. The normalized spacial score (nSPS) is 12.5. The number of hydrogen-bond donors (Lipinski definition) is 2. The summed E-state index contributed by atoms with van der Waals surface area (Å²) in [6.45, 7) is 1.90. The molecule has 0 radical (unpaired) electrons. The second kappa shape index (κ2) is 6.50. The minimum absolute atomic E-state index is 0.148. The summed E-state index contributed by atoms with van der Waals surface area (Å²) in [6.07, 6.45) is 6.59. The Morgan fingerprint density at radius 1 is 1.50 bits per heavy atom. The Kier molecular flexibility index (Phi) is 5.25. The zero-order valence-corrected chi connectivity index (χ0v) is 11.7. The predicted molar refractivity (Wildman–Crippen MR) is 72.8 cm³/mol. The van der Waals surface area contributed by atoms with Gasteiger partial charge in [-0.3, -0.25) is 4.79 Å². The highest BCUT2D eigenvalue weighted by molar-refractivity contribution is 7.89. The van der Waals surface area contributed by atoms with E-state index in [0.717, 1.165) is 24.6 Å². The third-order valence-corrected chi connectivity index (χ3v) is 3.44. The summed E-state index contributed by atoms with van der Waals surface area (Å²) in [4.78, 5) is 11.4. The molecule has 0 saturated heterocycles. The van der Waals surface area contributed by atoms with Crippen molar-refractivity contribution in [2.45, 2.75) is 30.7 Å². The largest absolute Gasteiger partial charge is 0.338 e. The molecule has 1 aromatic carbocycles. The molecule has 108 valence electrons. The van der Waals surface area contributed by atoms with Crippen molar-refractivity contribution >= 4 is 15.9 Å². The Labute approximate surface area is 117 Å². The quantitative estimate of drug-likeness (QED) is 0.795. The summed E-state index contributed by atoms with van der Waals surface area (Å²) >= 11 is 0. The second-order valence-corrected chi connectivity index (χ2v) is 5.76. The number of carbonyl (C=O) groups excluding carboxylic acids is 1. The van der Waals surface area contributed by atoms with Crippen LogP contribution in [0, 0.1) is 18.2 Å². The van der Waals surface area contributed by atoms with Crippen LogP contribution in [0.1, 0.15) is 30.1 Å². The molecule has 1 atom stereocenters. The highest BCUT2D eigenvalue weighted by Crippen LogP contribution is 2.13. The van der Waals surface area contributed by atoms with E-state index >= 15 is 0 Å². The van der Waals surface area contributed by atoms with E-state index in [2.05, 4.69) is 11.2 Å². The number of primary sulfonamides is 1. The minimum Gasteiger partial charge on any atom is -0.338 e. The average molecular weight is 298 g/mol. The van der Waals surface area contributed by atoms with E-state index in [9.17, 15) is 17.6 Å². The molecule has 0 aliphatic rings. The first-order valence-electron chi connectivity index (χ1n) is 5.88. The molecule has 0 bridgehead atoms. The van der Waals surface area contributed by atoms with Gasteiger partial charge in [0, 0.05) is 5.56 Å². The fourth-order valence-electron chi connectivity index (χ4n) is 1.59. The van der Waals surface area contributed by atoms with Crippen LogP contribution in [0.2, 0.25) is 0 Å². The molecule has 1 aromatic rings. The van der Waals surface area contributed by atoms with Gasteiger partial charge in [-0.05, 0) is 24.6 Å². The Bertz CT molecular complexity index is 650. The minimum atomic E-state index is -4.09. The van der Waals surface area contributed by atoms with E-state index in [-0.39, 0.29) is 5.56 Å². The maximum atomic E-state index is 13.3. The van der Waals surface area contributed by atoms with E-state index in [4.69, 9.17) is 11.6 Å². The van der Waals surface area contributed by atoms with Crippen LogP contribution in [-0.4, -0.2) is 20.4 Å². The summed E-state index contributed by atoms with van der Waals surface area (Å²) < 4.78 is 35.7. The van der Waals surface area contributed by atoms with Gasteiger partial charge in [0.15, 0.2) is 0 Å². The molecule has 1 rings (SSSR count). The molecule has 5 nitrogen and oxygen atoms in total. The van der Waals surface area contributed by atoms with Gasteiger partial charge in [-0.15, -0.1) is 6.42 Å². The van der Waals surface area contributed by atoms with Crippen molar-refractivity contribution in [3.05, 3.63) is 29.6 Å². The monoisotopic (exact) mass is 298 g/mol. The number of sulfonamides is 1. The number of rotatable bonds is 5. The standard InChI is InChI=1S/C13H15FN2O3S/c1-3-5-11(4-2)16-13(17)9-6-10(14)8-12(7-9)20(15,18)19/h2,6-8,11H,3,5H2,1H3,(H,16,17)(H2,15,18,19). The van der Waals surface area contributed by atoms with Crippen LogP contribution in [0.5, 0.6) is 0 Å². The van der Waals surface area contributed by atoms with Crippen molar-refractivity contribution in [1.82, 2.24) is 5.32 Å². The van der Waals surface area contributed by atoms with Crippen molar-refractivity contribution in [2.24, 2.45) is 5.14 Å². The molecule has 0 aromatic heterocycles. The lowest BCUT2D eigenvalue weighted by Gasteiger charge is -2.12. The molecule has 0 heterocycles. The molecule has 0 saturated carbocycles. The molecule has 0 fully saturated rings. The second-order valence-electron chi connectivity index (χ2n) is 4.20. The molecule has 0 aliphatic carbocycles. The van der Waals surface area contributed by atoms with Gasteiger partial charge in [0.2, 0.25) is 10.0 Å². The predicted octanol–water partition coefficient (Wildman–Crippen LogP) is 1.00. The van der Waals surface area contributed by atoms with Crippen molar-refractivity contribution in [3.63, 3.8) is 0 Å². The number of halogens is 1. The van der Waals surface area contributed by atoms with Crippen LogP contribution in [0.3, 0.4) is 0 Å². The first-order chi connectivity index (χ1) is 9.27. The van der Waals surface area contributed by atoms with Gasteiger partial charge in [0.1, 0.15) is 5.82 Å². The van der Waals surface area contributed by atoms with Crippen LogP contribution >= 0.6 is 0 Å². The fourth-order valence-corrected chi connectivity index (χ4v) is 2.15. The van der Waals surface area contributed by atoms with Gasteiger partial charge in [0.25, 0.3) is 5.91 Å². The third-order valence-electron chi connectivity index (χ3n) is 2.55. The summed E-state index contributed by atoms with van der Waals surface area (Å²) in [6, 6.07) is 2.18. The van der Waals surface area contributed by atoms with Crippen molar-refractivity contribution in [3.8, 4) is 12.3 Å². The fraction of sp³-hybridized carbons (Fsp3) is 0.308. The van der Waals surface area contributed by atoms with Gasteiger partial charge >= 0.3 is 0 Å². The average Bonchev–Trinajstić information content (AvgIpc) is 2.36. The van der Waals surface area contributed by atoms with E-state index in [1.165, 1.54) is 0 Å². The van der Waals surface area contributed by atoms with Gasteiger partial charge in [0.05, 0.1) is 10.9 Å².